The fourth-order valence-corrected chi connectivity index (χ4v) is 4.21. The Bertz CT molecular complexity index is 903. The van der Waals surface area contributed by atoms with E-state index in [0.717, 1.165) is 16.7 Å². The highest BCUT2D eigenvalue weighted by Gasteiger charge is 2.44. The van der Waals surface area contributed by atoms with E-state index in [-0.39, 0.29) is 23.6 Å². The van der Waals surface area contributed by atoms with Gasteiger partial charge in [0.15, 0.2) is 0 Å². The van der Waals surface area contributed by atoms with E-state index in [1.807, 2.05) is 49.1 Å². The van der Waals surface area contributed by atoms with E-state index in [9.17, 15) is 9.18 Å². The Labute approximate surface area is 152 Å². The van der Waals surface area contributed by atoms with Crippen molar-refractivity contribution in [2.24, 2.45) is 10.7 Å². The minimum atomic E-state index is -0.433. The van der Waals surface area contributed by atoms with E-state index < -0.39 is 5.54 Å². The van der Waals surface area contributed by atoms with E-state index in [2.05, 4.69) is 0 Å². The van der Waals surface area contributed by atoms with Crippen molar-refractivity contribution in [1.29, 1.82) is 0 Å². The Morgan fingerprint density at radius 3 is 2.81 bits per heavy atom. The Morgan fingerprint density at radius 1 is 1.27 bits per heavy atom. The van der Waals surface area contributed by atoms with Gasteiger partial charge >= 0.3 is 0 Å². The van der Waals surface area contributed by atoms with Crippen molar-refractivity contribution in [3.8, 4) is 0 Å². The van der Waals surface area contributed by atoms with Gasteiger partial charge < -0.3 is 10.6 Å². The number of benzene rings is 2. The van der Waals surface area contributed by atoms with Crippen LogP contribution >= 0.6 is 0 Å². The van der Waals surface area contributed by atoms with Crippen LogP contribution in [0.4, 0.5) is 4.39 Å². The molecular formula is C21H22FN3O. The van der Waals surface area contributed by atoms with Crippen LogP contribution in [0.2, 0.25) is 0 Å². The Balaban J connectivity index is 1.68. The fraction of sp³-hybridized carbons (Fsp3) is 0.333. The second-order valence-electron chi connectivity index (χ2n) is 7.48. The maximum atomic E-state index is 14.2. The molecule has 0 radical (unpaired) electrons. The molecule has 0 aromatic heterocycles. The summed E-state index contributed by atoms with van der Waals surface area (Å²) in [5.74, 6) is -0.0302. The van der Waals surface area contributed by atoms with Crippen LogP contribution < -0.4 is 5.73 Å². The predicted octanol–water partition coefficient (Wildman–Crippen LogP) is 3.59. The van der Waals surface area contributed by atoms with Gasteiger partial charge in [0.2, 0.25) is 0 Å². The zero-order valence-electron chi connectivity index (χ0n) is 15.0. The molecule has 4 rings (SSSR count). The summed E-state index contributed by atoms with van der Waals surface area (Å²) < 4.78 is 14.2. The molecule has 1 unspecified atom stereocenters. The normalized spacial score (nSPS) is 25.2. The van der Waals surface area contributed by atoms with Gasteiger partial charge in [0.25, 0.3) is 5.91 Å². The molecule has 2 heterocycles. The average Bonchev–Trinajstić information content (AvgIpc) is 2.87. The van der Waals surface area contributed by atoms with Gasteiger partial charge in [-0.05, 0) is 49.9 Å². The van der Waals surface area contributed by atoms with Crippen molar-refractivity contribution in [2.75, 3.05) is 6.54 Å². The van der Waals surface area contributed by atoms with Gasteiger partial charge in [0.1, 0.15) is 11.7 Å². The first-order chi connectivity index (χ1) is 12.4. The first-order valence-electron chi connectivity index (χ1n) is 8.90. The van der Waals surface area contributed by atoms with Crippen LogP contribution in [0.1, 0.15) is 52.9 Å². The van der Waals surface area contributed by atoms with Gasteiger partial charge in [0, 0.05) is 12.1 Å². The highest BCUT2D eigenvalue weighted by atomic mass is 19.1. The Morgan fingerprint density at radius 2 is 2.04 bits per heavy atom. The van der Waals surface area contributed by atoms with E-state index in [1.165, 1.54) is 6.07 Å². The number of carbonyl (C=O) groups excluding carboxylic acids is 1. The smallest absolute Gasteiger partial charge is 0.254 e. The molecule has 0 bridgehead atoms. The molecule has 2 aromatic rings. The predicted molar refractivity (Wildman–Crippen MR) is 99.7 cm³/mol. The molecule has 0 spiro atoms. The number of aryl methyl sites for hydroxylation is 1. The lowest BCUT2D eigenvalue weighted by atomic mass is 9.83. The lowest BCUT2D eigenvalue weighted by molar-refractivity contribution is 0.0600. The molecule has 2 atom stereocenters. The van der Waals surface area contributed by atoms with Crippen LogP contribution in [0.3, 0.4) is 0 Å². The molecule has 5 heteroatoms. The quantitative estimate of drug-likeness (QED) is 0.664. The molecule has 1 saturated heterocycles. The Kier molecular flexibility index (Phi) is 3.83. The highest BCUT2D eigenvalue weighted by molar-refractivity contribution is 6.00. The molecule has 2 aliphatic rings. The molecule has 4 nitrogen and oxygen atoms in total. The topological polar surface area (TPSA) is 58.7 Å². The van der Waals surface area contributed by atoms with Gasteiger partial charge in [-0.15, -0.1) is 0 Å². The zero-order valence-corrected chi connectivity index (χ0v) is 15.0. The molecule has 134 valence electrons. The molecule has 0 aliphatic carbocycles. The van der Waals surface area contributed by atoms with Gasteiger partial charge in [-0.3, -0.25) is 9.79 Å². The lowest BCUT2D eigenvalue weighted by Gasteiger charge is -2.40. The number of aliphatic imine (C=N–C) groups is 1. The van der Waals surface area contributed by atoms with E-state index in [0.29, 0.717) is 24.9 Å². The molecule has 1 amide bonds. The first kappa shape index (κ1) is 16.8. The first-order valence-corrected chi connectivity index (χ1v) is 8.90. The average molecular weight is 351 g/mol. The lowest BCUT2D eigenvalue weighted by Crippen LogP contribution is -2.43. The second-order valence-corrected chi connectivity index (χ2v) is 7.48. The van der Waals surface area contributed by atoms with Gasteiger partial charge in [-0.2, -0.15) is 0 Å². The number of amidine groups is 1. The van der Waals surface area contributed by atoms with Crippen LogP contribution in [0.5, 0.6) is 0 Å². The number of amides is 1. The molecule has 1 fully saturated rings. The van der Waals surface area contributed by atoms with Gasteiger partial charge in [0.05, 0.1) is 17.1 Å². The van der Waals surface area contributed by atoms with Gasteiger partial charge in [-0.1, -0.05) is 30.3 Å². The van der Waals surface area contributed by atoms with Gasteiger partial charge in [-0.25, -0.2) is 4.39 Å². The SMILES string of the molecule is Cc1cccc(F)c1C(N)=N[C@]1(C)CCN2C(=O)c3ccccc3C2C1. The summed E-state index contributed by atoms with van der Waals surface area (Å²) in [6.07, 6.45) is 1.39. The molecule has 2 aromatic carbocycles. The summed E-state index contributed by atoms with van der Waals surface area (Å²) in [4.78, 5) is 19.2. The summed E-state index contributed by atoms with van der Waals surface area (Å²) in [6.45, 7) is 4.50. The zero-order chi connectivity index (χ0) is 18.5. The van der Waals surface area contributed by atoms with Crippen LogP contribution in [-0.2, 0) is 0 Å². The Hall–Kier alpha value is -2.69. The summed E-state index contributed by atoms with van der Waals surface area (Å²) in [5, 5.41) is 0. The molecule has 26 heavy (non-hydrogen) atoms. The summed E-state index contributed by atoms with van der Waals surface area (Å²) in [5.41, 5.74) is 8.75. The number of hydrogen-bond donors (Lipinski definition) is 1. The minimum absolute atomic E-state index is 0.00992. The number of halogens is 1. The van der Waals surface area contributed by atoms with Crippen LogP contribution in [0, 0.1) is 12.7 Å². The van der Waals surface area contributed by atoms with Crippen molar-refractivity contribution >= 4 is 11.7 Å². The monoisotopic (exact) mass is 351 g/mol. The summed E-state index contributed by atoms with van der Waals surface area (Å²) >= 11 is 0. The second kappa shape index (κ2) is 5.94. The largest absolute Gasteiger partial charge is 0.383 e. The fourth-order valence-electron chi connectivity index (χ4n) is 4.21. The molecule has 2 N–H and O–H groups in total. The van der Waals surface area contributed by atoms with E-state index >= 15 is 0 Å². The number of piperidine rings is 1. The number of hydrogen-bond acceptors (Lipinski definition) is 2. The summed E-state index contributed by atoms with van der Waals surface area (Å²) in [6, 6.07) is 12.7. The third-order valence-corrected chi connectivity index (χ3v) is 5.58. The molecule has 2 aliphatic heterocycles. The van der Waals surface area contributed by atoms with Crippen molar-refractivity contribution in [3.63, 3.8) is 0 Å². The third-order valence-electron chi connectivity index (χ3n) is 5.58. The van der Waals surface area contributed by atoms with Crippen molar-refractivity contribution < 1.29 is 9.18 Å². The standard InChI is InChI=1S/C21H22FN3O/c1-13-6-5-9-16(22)18(13)19(23)24-21(2)10-11-25-17(12-21)14-7-3-4-8-15(14)20(25)26/h3-9,17H,10-12H2,1-2H3,(H2,23,24)/t17?,21-/m1/s1. The molecular weight excluding hydrogens is 329 g/mol. The number of nitrogens with two attached hydrogens (primary N) is 1. The number of carbonyl (C=O) groups is 1. The van der Waals surface area contributed by atoms with Crippen LogP contribution in [-0.4, -0.2) is 28.7 Å². The summed E-state index contributed by atoms with van der Waals surface area (Å²) in [7, 11) is 0. The maximum absolute atomic E-state index is 14.2. The van der Waals surface area contributed by atoms with Crippen molar-refractivity contribution in [2.45, 2.75) is 38.3 Å². The number of fused-ring (bicyclic) bond motifs is 3. The van der Waals surface area contributed by atoms with E-state index in [4.69, 9.17) is 10.7 Å². The molecule has 0 saturated carbocycles. The third kappa shape index (κ3) is 2.59. The maximum Gasteiger partial charge on any atom is 0.254 e. The minimum Gasteiger partial charge on any atom is -0.383 e. The van der Waals surface area contributed by atoms with Crippen LogP contribution in [0.25, 0.3) is 0 Å². The highest BCUT2D eigenvalue weighted by Crippen LogP contribution is 2.44. The van der Waals surface area contributed by atoms with Crippen molar-refractivity contribution in [1.82, 2.24) is 4.90 Å². The van der Waals surface area contributed by atoms with E-state index in [1.54, 1.807) is 6.07 Å². The number of nitrogens with zero attached hydrogens (tertiary/aromatic N) is 2. The van der Waals surface area contributed by atoms with Crippen molar-refractivity contribution in [3.05, 3.63) is 70.5 Å². The van der Waals surface area contributed by atoms with Crippen LogP contribution in [0.15, 0.2) is 47.5 Å². The number of rotatable bonds is 2.